The van der Waals surface area contributed by atoms with Gasteiger partial charge in [0.1, 0.15) is 0 Å². The van der Waals surface area contributed by atoms with Crippen molar-refractivity contribution >= 4 is 5.97 Å². The van der Waals surface area contributed by atoms with E-state index in [1.165, 1.54) is 0 Å². The molecule has 0 aromatic rings. The summed E-state index contributed by atoms with van der Waals surface area (Å²) < 4.78 is 4.67. The molecule has 1 atom stereocenters. The summed E-state index contributed by atoms with van der Waals surface area (Å²) >= 11 is 0. The fourth-order valence-electron chi connectivity index (χ4n) is 0.701. The van der Waals surface area contributed by atoms with Gasteiger partial charge in [-0.05, 0) is 6.92 Å². The molecule has 0 aliphatic rings. The zero-order chi connectivity index (χ0) is 9.56. The first-order chi connectivity index (χ1) is 5.57. The number of hydrogen-bond acceptors (Lipinski definition) is 4. The number of esters is 1. The van der Waals surface area contributed by atoms with Crippen LogP contribution < -0.4 is 0 Å². The highest BCUT2D eigenvalue weighted by molar-refractivity contribution is 5.71. The lowest BCUT2D eigenvalue weighted by atomic mass is 10.1. The molecular weight excluding hydrogens is 162 g/mol. The number of carbonyl (C=O) groups excluding carboxylic acids is 1. The van der Waals surface area contributed by atoms with Crippen LogP contribution in [0.2, 0.25) is 0 Å². The van der Waals surface area contributed by atoms with Crippen molar-refractivity contribution in [1.82, 2.24) is 0 Å². The summed E-state index contributed by atoms with van der Waals surface area (Å²) in [5.74, 6) is -0.741. The highest BCUT2D eigenvalue weighted by atomic mass is 16.6. The minimum Gasteiger partial charge on any atom is -0.466 e. The minimum atomic E-state index is -0.435. The third-order valence-corrected chi connectivity index (χ3v) is 1.43. The van der Waals surface area contributed by atoms with Crippen LogP contribution in [0.4, 0.5) is 0 Å². The Morgan fingerprint density at radius 1 is 1.67 bits per heavy atom. The van der Waals surface area contributed by atoms with Crippen molar-refractivity contribution in [3.05, 3.63) is 10.1 Å². The van der Waals surface area contributed by atoms with Crippen LogP contribution in [0.25, 0.3) is 0 Å². The van der Waals surface area contributed by atoms with Gasteiger partial charge in [-0.3, -0.25) is 14.9 Å². The summed E-state index contributed by atoms with van der Waals surface area (Å²) in [7, 11) is 0. The Balaban J connectivity index is 3.63. The second-order valence-electron chi connectivity index (χ2n) is 2.50. The summed E-state index contributed by atoms with van der Waals surface area (Å²) in [6, 6.07) is 0. The van der Waals surface area contributed by atoms with Crippen molar-refractivity contribution < 1.29 is 14.5 Å². The van der Waals surface area contributed by atoms with E-state index in [1.54, 1.807) is 13.8 Å². The van der Waals surface area contributed by atoms with Crippen LogP contribution in [-0.4, -0.2) is 24.0 Å². The lowest BCUT2D eigenvalue weighted by molar-refractivity contribution is -0.481. The van der Waals surface area contributed by atoms with E-state index in [9.17, 15) is 14.9 Å². The van der Waals surface area contributed by atoms with Crippen LogP contribution in [-0.2, 0) is 9.53 Å². The molecule has 0 radical (unpaired) electrons. The molecule has 0 aliphatic heterocycles. The van der Waals surface area contributed by atoms with E-state index in [0.29, 0.717) is 6.61 Å². The molecule has 0 N–H and O–H groups in total. The van der Waals surface area contributed by atoms with Crippen molar-refractivity contribution in [2.24, 2.45) is 5.92 Å². The van der Waals surface area contributed by atoms with Crippen LogP contribution in [0.5, 0.6) is 0 Å². The van der Waals surface area contributed by atoms with E-state index in [0.717, 1.165) is 0 Å². The molecule has 0 bridgehead atoms. The Hall–Kier alpha value is -1.13. The van der Waals surface area contributed by atoms with Crippen LogP contribution >= 0.6 is 0 Å². The van der Waals surface area contributed by atoms with Crippen molar-refractivity contribution in [2.45, 2.75) is 20.3 Å². The number of ether oxygens (including phenoxy) is 1. The highest BCUT2D eigenvalue weighted by Gasteiger charge is 2.15. The standard InChI is InChI=1S/C7H13NO4/c1-3-12-7(9)6(2)4-5-8(10)11/h6H,3-5H2,1-2H3. The Morgan fingerprint density at radius 3 is 2.67 bits per heavy atom. The summed E-state index contributed by atoms with van der Waals surface area (Å²) in [4.78, 5) is 20.4. The maximum atomic E-state index is 10.9. The summed E-state index contributed by atoms with van der Waals surface area (Å²) in [5, 5.41) is 9.94. The molecule has 0 aromatic heterocycles. The molecule has 1 unspecified atom stereocenters. The van der Waals surface area contributed by atoms with Gasteiger partial charge >= 0.3 is 5.97 Å². The molecule has 0 amide bonds. The number of nitro groups is 1. The van der Waals surface area contributed by atoms with Gasteiger partial charge in [0, 0.05) is 11.3 Å². The van der Waals surface area contributed by atoms with Gasteiger partial charge in [-0.1, -0.05) is 6.92 Å². The number of rotatable bonds is 5. The van der Waals surface area contributed by atoms with Crippen molar-refractivity contribution in [1.29, 1.82) is 0 Å². The molecule has 70 valence electrons. The SMILES string of the molecule is CCOC(=O)C(C)CC[N+](=O)[O-]. The Bertz CT molecular complexity index is 169. The quantitative estimate of drug-likeness (QED) is 0.353. The zero-order valence-electron chi connectivity index (χ0n) is 7.28. The molecule has 5 nitrogen and oxygen atoms in total. The Kier molecular flexibility index (Phi) is 4.99. The predicted octanol–water partition coefficient (Wildman–Crippen LogP) is 0.852. The molecule has 0 fully saturated rings. The van der Waals surface area contributed by atoms with Crippen molar-refractivity contribution in [2.75, 3.05) is 13.2 Å². The van der Waals surface area contributed by atoms with Crippen LogP contribution in [0.3, 0.4) is 0 Å². The fourth-order valence-corrected chi connectivity index (χ4v) is 0.701. The first-order valence-electron chi connectivity index (χ1n) is 3.86. The molecule has 0 saturated carbocycles. The average molecular weight is 175 g/mol. The van der Waals surface area contributed by atoms with Gasteiger partial charge in [-0.25, -0.2) is 0 Å². The van der Waals surface area contributed by atoms with E-state index in [1.807, 2.05) is 0 Å². The summed E-state index contributed by atoms with van der Waals surface area (Å²) in [6.45, 7) is 3.47. The number of carbonyl (C=O) groups is 1. The second kappa shape index (κ2) is 5.51. The van der Waals surface area contributed by atoms with Crippen molar-refractivity contribution in [3.8, 4) is 0 Å². The second-order valence-corrected chi connectivity index (χ2v) is 2.50. The average Bonchev–Trinajstić information content (AvgIpc) is 2.00. The number of hydrogen-bond donors (Lipinski definition) is 0. The van der Waals surface area contributed by atoms with Gasteiger partial charge < -0.3 is 4.74 Å². The largest absolute Gasteiger partial charge is 0.466 e. The van der Waals surface area contributed by atoms with E-state index in [-0.39, 0.29) is 24.9 Å². The maximum absolute atomic E-state index is 10.9. The smallest absolute Gasteiger partial charge is 0.308 e. The third-order valence-electron chi connectivity index (χ3n) is 1.43. The monoisotopic (exact) mass is 175 g/mol. The van der Waals surface area contributed by atoms with E-state index in [2.05, 4.69) is 4.74 Å². The van der Waals surface area contributed by atoms with Gasteiger partial charge in [0.05, 0.1) is 12.5 Å². The van der Waals surface area contributed by atoms with Gasteiger partial charge in [0.15, 0.2) is 0 Å². The molecule has 5 heteroatoms. The first-order valence-corrected chi connectivity index (χ1v) is 3.86. The highest BCUT2D eigenvalue weighted by Crippen LogP contribution is 2.03. The van der Waals surface area contributed by atoms with Gasteiger partial charge in [-0.2, -0.15) is 0 Å². The lowest BCUT2D eigenvalue weighted by Crippen LogP contribution is -2.17. The summed E-state index contributed by atoms with van der Waals surface area (Å²) in [6.07, 6.45) is 0.242. The lowest BCUT2D eigenvalue weighted by Gasteiger charge is -2.06. The maximum Gasteiger partial charge on any atom is 0.308 e. The molecule has 0 saturated heterocycles. The Labute approximate surface area is 70.9 Å². The molecule has 0 spiro atoms. The fraction of sp³-hybridized carbons (Fsp3) is 0.857. The minimum absolute atomic E-state index is 0.181. The van der Waals surface area contributed by atoms with Gasteiger partial charge in [0.2, 0.25) is 6.54 Å². The van der Waals surface area contributed by atoms with Gasteiger partial charge in [0.25, 0.3) is 0 Å². The predicted molar refractivity (Wildman–Crippen MR) is 42.3 cm³/mol. The molecule has 0 aromatic carbocycles. The molecule has 0 aliphatic carbocycles. The van der Waals surface area contributed by atoms with E-state index >= 15 is 0 Å². The van der Waals surface area contributed by atoms with Crippen LogP contribution in [0, 0.1) is 16.0 Å². The molecule has 0 rings (SSSR count). The molecular formula is C7H13NO4. The molecule has 0 heterocycles. The summed E-state index contributed by atoms with van der Waals surface area (Å²) in [5.41, 5.74) is 0. The first kappa shape index (κ1) is 10.9. The number of nitrogens with zero attached hydrogens (tertiary/aromatic N) is 1. The van der Waals surface area contributed by atoms with Gasteiger partial charge in [-0.15, -0.1) is 0 Å². The normalized spacial score (nSPS) is 12.2. The topological polar surface area (TPSA) is 69.4 Å². The van der Waals surface area contributed by atoms with Crippen molar-refractivity contribution in [3.63, 3.8) is 0 Å². The van der Waals surface area contributed by atoms with E-state index < -0.39 is 4.92 Å². The van der Waals surface area contributed by atoms with E-state index in [4.69, 9.17) is 0 Å². The van der Waals surface area contributed by atoms with Crippen LogP contribution in [0.1, 0.15) is 20.3 Å². The Morgan fingerprint density at radius 2 is 2.25 bits per heavy atom. The molecule has 12 heavy (non-hydrogen) atoms. The van der Waals surface area contributed by atoms with Crippen LogP contribution in [0.15, 0.2) is 0 Å². The third kappa shape index (κ3) is 4.65. The zero-order valence-corrected chi connectivity index (χ0v) is 7.28.